The van der Waals surface area contributed by atoms with Crippen molar-refractivity contribution in [2.75, 3.05) is 19.6 Å². The Bertz CT molecular complexity index is 570. The van der Waals surface area contributed by atoms with Gasteiger partial charge >= 0.3 is 5.69 Å². The fraction of sp³-hybridized carbons (Fsp3) is 0.714. The van der Waals surface area contributed by atoms with Gasteiger partial charge in [0.1, 0.15) is 0 Å². The summed E-state index contributed by atoms with van der Waals surface area (Å²) in [5.74, 6) is 0. The zero-order valence-electron chi connectivity index (χ0n) is 12.6. The van der Waals surface area contributed by atoms with Crippen LogP contribution in [0.25, 0.3) is 0 Å². The normalized spacial score (nSPS) is 18.9. The lowest BCUT2D eigenvalue weighted by Gasteiger charge is -2.28. The molecule has 0 amide bonds. The predicted molar refractivity (Wildman–Crippen MR) is 78.9 cm³/mol. The lowest BCUT2D eigenvalue weighted by Crippen LogP contribution is -2.42. The Morgan fingerprint density at radius 1 is 1.35 bits per heavy atom. The largest absolute Gasteiger partial charge is 0.330 e. The molecule has 6 nitrogen and oxygen atoms in total. The van der Waals surface area contributed by atoms with Crippen molar-refractivity contribution in [2.45, 2.75) is 32.4 Å². The van der Waals surface area contributed by atoms with Crippen molar-refractivity contribution in [1.29, 1.82) is 0 Å². The van der Waals surface area contributed by atoms with Gasteiger partial charge in [0.25, 0.3) is 5.56 Å². The topological polar surface area (TPSA) is 59.3 Å². The third-order valence-electron chi connectivity index (χ3n) is 4.05. The highest BCUT2D eigenvalue weighted by molar-refractivity contribution is 5.03. The van der Waals surface area contributed by atoms with Crippen LogP contribution in [0.3, 0.4) is 0 Å². The number of hydrogen-bond acceptors (Lipinski definition) is 4. The van der Waals surface area contributed by atoms with Gasteiger partial charge in [-0.3, -0.25) is 18.8 Å². The van der Waals surface area contributed by atoms with Gasteiger partial charge in [-0.25, -0.2) is 4.79 Å². The number of aromatic nitrogens is 2. The standard InChI is InChI=1S/C14H24N4O2/c1-4-7-18(11-5-6-15-9-11)10-12-8-13(19)17(3)14(20)16(12)2/h8,11,15H,4-7,9-10H2,1-3H3. The fourth-order valence-electron chi connectivity index (χ4n) is 2.77. The summed E-state index contributed by atoms with van der Waals surface area (Å²) in [6.07, 6.45) is 2.19. The van der Waals surface area contributed by atoms with Gasteiger partial charge in [0.15, 0.2) is 0 Å². The zero-order valence-corrected chi connectivity index (χ0v) is 12.6. The Hall–Kier alpha value is -1.40. The van der Waals surface area contributed by atoms with Gasteiger partial charge in [-0.05, 0) is 25.9 Å². The van der Waals surface area contributed by atoms with E-state index in [1.54, 1.807) is 17.7 Å². The molecule has 1 N–H and O–H groups in total. The van der Waals surface area contributed by atoms with Gasteiger partial charge < -0.3 is 5.32 Å². The lowest BCUT2D eigenvalue weighted by molar-refractivity contribution is 0.194. The van der Waals surface area contributed by atoms with Crippen LogP contribution in [0.15, 0.2) is 15.7 Å². The smallest absolute Gasteiger partial charge is 0.315 e. The highest BCUT2D eigenvalue weighted by Crippen LogP contribution is 2.12. The van der Waals surface area contributed by atoms with Crippen LogP contribution in [-0.4, -0.2) is 39.7 Å². The Morgan fingerprint density at radius 3 is 2.70 bits per heavy atom. The SMILES string of the molecule is CCCN(Cc1cc(=O)n(C)c(=O)n1C)C1CCNC1. The first kappa shape index (κ1) is 15.0. The lowest BCUT2D eigenvalue weighted by atomic mass is 10.2. The Morgan fingerprint density at radius 2 is 2.10 bits per heavy atom. The molecule has 1 fully saturated rings. The van der Waals surface area contributed by atoms with E-state index in [1.165, 1.54) is 7.05 Å². The fourth-order valence-corrected chi connectivity index (χ4v) is 2.77. The van der Waals surface area contributed by atoms with E-state index >= 15 is 0 Å². The third kappa shape index (κ3) is 3.02. The third-order valence-corrected chi connectivity index (χ3v) is 4.05. The second-order valence-electron chi connectivity index (χ2n) is 5.49. The molecule has 6 heteroatoms. The van der Waals surface area contributed by atoms with E-state index < -0.39 is 0 Å². The maximum atomic E-state index is 12.0. The predicted octanol–water partition coefficient (Wildman–Crippen LogP) is -0.342. The van der Waals surface area contributed by atoms with Gasteiger partial charge in [0, 0.05) is 45.0 Å². The van der Waals surface area contributed by atoms with Crippen molar-refractivity contribution in [1.82, 2.24) is 19.4 Å². The first-order valence-corrected chi connectivity index (χ1v) is 7.25. The van der Waals surface area contributed by atoms with E-state index in [4.69, 9.17) is 0 Å². The Kier molecular flexibility index (Phi) is 4.77. The summed E-state index contributed by atoms with van der Waals surface area (Å²) in [5.41, 5.74) is 0.302. The van der Waals surface area contributed by atoms with Crippen LogP contribution >= 0.6 is 0 Å². The van der Waals surface area contributed by atoms with Crippen LogP contribution < -0.4 is 16.6 Å². The van der Waals surface area contributed by atoms with Crippen LogP contribution in [-0.2, 0) is 20.6 Å². The first-order chi connectivity index (χ1) is 9.54. The van der Waals surface area contributed by atoms with Crippen LogP contribution in [0, 0.1) is 0 Å². The molecular weight excluding hydrogens is 256 g/mol. The molecular formula is C14H24N4O2. The van der Waals surface area contributed by atoms with E-state index in [2.05, 4.69) is 17.1 Å². The number of hydrogen-bond donors (Lipinski definition) is 1. The van der Waals surface area contributed by atoms with Crippen molar-refractivity contribution in [3.63, 3.8) is 0 Å². The molecule has 1 atom stereocenters. The van der Waals surface area contributed by atoms with Gasteiger partial charge in [-0.1, -0.05) is 6.92 Å². The second-order valence-corrected chi connectivity index (χ2v) is 5.49. The van der Waals surface area contributed by atoms with Gasteiger partial charge in [-0.2, -0.15) is 0 Å². The summed E-state index contributed by atoms with van der Waals surface area (Å²) in [6.45, 7) is 5.81. The minimum atomic E-state index is -0.256. The maximum absolute atomic E-state index is 12.0. The molecule has 0 aromatic carbocycles. The molecule has 0 aliphatic carbocycles. The first-order valence-electron chi connectivity index (χ1n) is 7.25. The zero-order chi connectivity index (χ0) is 14.7. The van der Waals surface area contributed by atoms with E-state index in [0.29, 0.717) is 12.6 Å². The van der Waals surface area contributed by atoms with Crippen LogP contribution in [0.5, 0.6) is 0 Å². The highest BCUT2D eigenvalue weighted by Gasteiger charge is 2.22. The summed E-state index contributed by atoms with van der Waals surface area (Å²) in [5, 5.41) is 3.37. The summed E-state index contributed by atoms with van der Waals surface area (Å²) >= 11 is 0. The highest BCUT2D eigenvalue weighted by atomic mass is 16.2. The minimum Gasteiger partial charge on any atom is -0.315 e. The molecule has 1 aliphatic heterocycles. The number of rotatable bonds is 5. The molecule has 1 saturated heterocycles. The molecule has 112 valence electrons. The average molecular weight is 280 g/mol. The molecule has 0 spiro atoms. The number of nitrogens with one attached hydrogen (secondary N) is 1. The van der Waals surface area contributed by atoms with E-state index in [0.717, 1.165) is 42.7 Å². The Labute approximate surface area is 119 Å². The minimum absolute atomic E-state index is 0.232. The van der Waals surface area contributed by atoms with Gasteiger partial charge in [0.05, 0.1) is 0 Å². The average Bonchev–Trinajstić information content (AvgIpc) is 2.95. The van der Waals surface area contributed by atoms with Crippen molar-refractivity contribution in [3.8, 4) is 0 Å². The van der Waals surface area contributed by atoms with Crippen molar-refractivity contribution >= 4 is 0 Å². The molecule has 1 aliphatic rings. The Balaban J connectivity index is 2.26. The molecule has 1 aromatic heterocycles. The van der Waals surface area contributed by atoms with Crippen molar-refractivity contribution < 1.29 is 0 Å². The van der Waals surface area contributed by atoms with Crippen LogP contribution in [0.4, 0.5) is 0 Å². The van der Waals surface area contributed by atoms with Crippen LogP contribution in [0.2, 0.25) is 0 Å². The summed E-state index contributed by atoms with van der Waals surface area (Å²) in [7, 11) is 3.24. The molecule has 2 rings (SSSR count). The quantitative estimate of drug-likeness (QED) is 0.801. The maximum Gasteiger partial charge on any atom is 0.330 e. The number of nitrogens with zero attached hydrogens (tertiary/aromatic N) is 3. The van der Waals surface area contributed by atoms with Gasteiger partial charge in [-0.15, -0.1) is 0 Å². The van der Waals surface area contributed by atoms with Crippen LogP contribution in [0.1, 0.15) is 25.5 Å². The van der Waals surface area contributed by atoms with Crippen molar-refractivity contribution in [2.24, 2.45) is 14.1 Å². The summed E-state index contributed by atoms with van der Waals surface area (Å²) in [4.78, 5) is 26.1. The van der Waals surface area contributed by atoms with E-state index in [-0.39, 0.29) is 11.2 Å². The van der Waals surface area contributed by atoms with E-state index in [9.17, 15) is 9.59 Å². The monoisotopic (exact) mass is 280 g/mol. The van der Waals surface area contributed by atoms with E-state index in [1.807, 2.05) is 0 Å². The second kappa shape index (κ2) is 6.37. The van der Waals surface area contributed by atoms with Crippen molar-refractivity contribution in [3.05, 3.63) is 32.6 Å². The summed E-state index contributed by atoms with van der Waals surface area (Å²) < 4.78 is 2.72. The molecule has 0 saturated carbocycles. The molecule has 1 aromatic rings. The molecule has 0 bridgehead atoms. The molecule has 0 radical (unpaired) electrons. The summed E-state index contributed by atoms with van der Waals surface area (Å²) in [6, 6.07) is 2.07. The molecule has 20 heavy (non-hydrogen) atoms. The molecule has 2 heterocycles. The van der Waals surface area contributed by atoms with Gasteiger partial charge in [0.2, 0.25) is 0 Å². The molecule has 1 unspecified atom stereocenters.